The van der Waals surface area contributed by atoms with Crippen LogP contribution in [0.1, 0.15) is 151 Å². The van der Waals surface area contributed by atoms with Crippen LogP contribution in [0.3, 0.4) is 0 Å². The van der Waals surface area contributed by atoms with Crippen molar-refractivity contribution >= 4 is 38.0 Å². The predicted molar refractivity (Wildman–Crippen MR) is 305 cm³/mol. The number of amidine groups is 2. The number of fused-ring (bicyclic) bond motifs is 2. The van der Waals surface area contributed by atoms with Crippen molar-refractivity contribution in [1.82, 2.24) is 48.6 Å². The van der Waals surface area contributed by atoms with Crippen molar-refractivity contribution in [2.24, 2.45) is 38.3 Å². The van der Waals surface area contributed by atoms with Crippen LogP contribution in [-0.4, -0.2) is 95.5 Å². The summed E-state index contributed by atoms with van der Waals surface area (Å²) < 4.78 is 8.06. The van der Waals surface area contributed by atoms with Gasteiger partial charge >= 0.3 is 0 Å². The number of aryl methyl sites for hydroxylation is 4. The van der Waals surface area contributed by atoms with Gasteiger partial charge in [-0.05, 0) is 133 Å². The van der Waals surface area contributed by atoms with Gasteiger partial charge in [-0.25, -0.2) is 0 Å². The van der Waals surface area contributed by atoms with Crippen molar-refractivity contribution in [3.05, 3.63) is 102 Å². The summed E-state index contributed by atoms with van der Waals surface area (Å²) >= 11 is 0. The van der Waals surface area contributed by atoms with Gasteiger partial charge in [-0.15, -0.1) is 0 Å². The van der Waals surface area contributed by atoms with E-state index in [1.54, 1.807) is 12.1 Å². The first-order valence-corrected chi connectivity index (χ1v) is 25.4. The minimum absolute atomic E-state index is 0. The van der Waals surface area contributed by atoms with E-state index in [0.717, 1.165) is 46.0 Å². The van der Waals surface area contributed by atoms with Crippen LogP contribution in [0.2, 0.25) is 0 Å². The molecule has 0 saturated carbocycles. The number of hydrogen-bond donors (Lipinski definition) is 0. The van der Waals surface area contributed by atoms with Gasteiger partial charge in [0.2, 0.25) is 0 Å². The Morgan fingerprint density at radius 2 is 0.585 bits per heavy atom. The van der Waals surface area contributed by atoms with Gasteiger partial charge in [0, 0.05) is 888 Å². The fourth-order valence-corrected chi connectivity index (χ4v) is 7.70. The number of hydrazine groups is 1. The Morgan fingerprint density at radius 1 is 0.321 bits per heavy atom. The quantitative estimate of drug-likeness (QED) is 0.175. The maximum Gasteiger partial charge on any atom is 0.127 e. The van der Waals surface area contributed by atoms with E-state index in [1.165, 1.54) is 113 Å². The summed E-state index contributed by atoms with van der Waals surface area (Å²) in [7, 11) is 17.7. The van der Waals surface area contributed by atoms with E-state index < -0.39 is 0 Å². The van der Waals surface area contributed by atoms with Crippen molar-refractivity contribution in [3.8, 4) is 0 Å². The van der Waals surface area contributed by atoms with Crippen LogP contribution in [0.25, 0.3) is 26.3 Å². The van der Waals surface area contributed by atoms with Crippen LogP contribution in [0.4, 0.5) is 0 Å². The van der Waals surface area contributed by atoms with E-state index in [0.29, 0.717) is 0 Å². The molecule has 12 nitrogen and oxygen atoms in total. The van der Waals surface area contributed by atoms with Crippen molar-refractivity contribution in [2.75, 3.05) is 35.2 Å². The Labute approximate surface area is 1180 Å². The molecule has 49 heteroatoms. The van der Waals surface area contributed by atoms with Crippen LogP contribution in [0, 0.1) is 41.5 Å². The summed E-state index contributed by atoms with van der Waals surface area (Å²) in [6.07, 6.45) is 11.0. The molecule has 1 fully saturated rings. The average Bonchev–Trinajstić information content (AvgIpc) is 2.75. The van der Waals surface area contributed by atoms with Gasteiger partial charge in [0.1, 0.15) is 17.5 Å². The summed E-state index contributed by atoms with van der Waals surface area (Å²) in [5.41, 5.74) is 14.5. The Kier molecular flexibility index (Phi) is 383. The average molecular weight is 7760 g/mol. The fourth-order valence-electron chi connectivity index (χ4n) is 7.70. The number of nitrogens with zero attached hydrogens (tertiary/aromatic N) is 12. The van der Waals surface area contributed by atoms with Crippen LogP contribution in [-0.2, 0) is 833 Å². The molecule has 0 aromatic carbocycles. The van der Waals surface area contributed by atoms with E-state index in [9.17, 15) is 0 Å². The topological polar surface area (TPSA) is 83.2 Å². The molecule has 0 atom stereocenters. The molecule has 0 bridgehead atoms. The SMILES string of the molecule is C=C1CC(=NC)N(C)N1C.C=C1N(C)N=C(C)N1C.C=c1c(C)c(C)c(=C)n1C.C=c1c2c(c(=C)n1C)CCCC2.CC.CC.CC.CC.Cc1c2c(nn1C)CCCC2.Cc1nn(C)c(C)c1C.[W].[W].[W].[W].[W].[W].[W].[W].[W].[W].[W].[W].[W].[W].[W].[W].[W].[W].[W].[W].[W].[W].[W].[W].[W].[W].[W].[W].[W].[W].[W].[W].[W].[W].[W].[W].[W]. The Morgan fingerprint density at radius 3 is 0.745 bits per heavy atom. The Hall–Kier alpha value is 19.9. The number of aliphatic imine (C=N–C) groups is 1. The minimum atomic E-state index is 0. The monoisotopic (exact) mass is 7760 g/mol. The summed E-state index contributed by atoms with van der Waals surface area (Å²) in [6, 6.07) is 0. The molecule has 612 valence electrons. The molecule has 1 saturated heterocycles. The van der Waals surface area contributed by atoms with Gasteiger partial charge in [-0.2, -0.15) is 15.3 Å². The zero-order valence-electron chi connectivity index (χ0n) is 64.1. The largest absolute Gasteiger partial charge is 0.345 e. The Bertz CT molecular complexity index is 2470. The van der Waals surface area contributed by atoms with Crippen molar-refractivity contribution in [2.45, 2.75) is 162 Å². The number of hydrazone groups is 1. The molecule has 2 aliphatic heterocycles. The molecule has 4 aromatic heterocycles. The third-order valence-electron chi connectivity index (χ3n) is 13.2. The summed E-state index contributed by atoms with van der Waals surface area (Å²) in [4.78, 5) is 6.05. The van der Waals surface area contributed by atoms with E-state index in [-0.39, 0.29) is 779 Å². The minimum Gasteiger partial charge on any atom is -0.345 e. The van der Waals surface area contributed by atoms with Gasteiger partial charge < -0.3 is 14.0 Å². The molecule has 4 aromatic rings. The number of aromatic nitrogens is 6. The van der Waals surface area contributed by atoms with Gasteiger partial charge in [-0.3, -0.25) is 29.4 Å². The third kappa shape index (κ3) is 95.7. The molecule has 0 N–H and O–H groups in total. The molecule has 0 amide bonds. The molecule has 2 aliphatic carbocycles. The summed E-state index contributed by atoms with van der Waals surface area (Å²) in [5.74, 6) is 2.99. The van der Waals surface area contributed by atoms with E-state index in [2.05, 4.69) is 106 Å². The second-order valence-electron chi connectivity index (χ2n) is 16.7. The van der Waals surface area contributed by atoms with Gasteiger partial charge in [-0.1, -0.05) is 94.9 Å². The maximum absolute atomic E-state index is 4.47. The fraction of sp³-hybridized carbons (Fsp3) is 0.579. The first-order chi connectivity index (χ1) is 32.5. The molecular weight excluding hydrogens is 7650 g/mol. The standard InChI is InChI=1S/C11H15N.C9H14N2.C9H13N.C7H13N3.C7H12N2.C6H11N3.4C2H6.37W/c1-8-10-6-4-5-7-11(10)9(2)12(8)3;1-7-8-5-3-4-6-9(8)10-11(7)2;1-6-7(2)9(4)10(5)8(6)3;1-6-5-7(8-2)10(4)9(6)3;1-5-6(2)8-9(4)7(5)3;1-5-7-9(4)6(2)8(5)3;4*1-2;;;;;;;;;;;;;;;;;;;;;;;;;;;;;;;;;;;;;/h1-2,4-7H2,3H3;3-6H2,1-2H3;3-4H2,1-2,5H3;1,5H2,2-4H3;1-4H3;2H2,1,3-4H3;4*1-2H3;;;;;;;;;;;;;;;;;;;;;;;;;;;;;;;;;;;;;. The first kappa shape index (κ1) is 260. The van der Waals surface area contributed by atoms with Gasteiger partial charge in [0.05, 0.1) is 11.4 Å². The predicted octanol–water partition coefficient (Wildman–Crippen LogP) is 9.53. The zero-order chi connectivity index (χ0) is 54.2. The summed E-state index contributed by atoms with van der Waals surface area (Å²) in [6.45, 7) is 54.2. The van der Waals surface area contributed by atoms with E-state index in [1.807, 2.05) is 147 Å². The molecule has 4 aliphatic rings. The molecule has 106 heavy (non-hydrogen) atoms. The van der Waals surface area contributed by atoms with Crippen LogP contribution >= 0.6 is 0 Å². The molecule has 0 spiro atoms. The van der Waals surface area contributed by atoms with E-state index in [4.69, 9.17) is 0 Å². The van der Waals surface area contributed by atoms with Crippen molar-refractivity contribution in [3.63, 3.8) is 0 Å². The van der Waals surface area contributed by atoms with Gasteiger partial charge in [0.25, 0.3) is 0 Å². The maximum atomic E-state index is 4.47. The number of rotatable bonds is 0. The van der Waals surface area contributed by atoms with Crippen molar-refractivity contribution < 1.29 is 779 Å². The molecule has 8 rings (SSSR count). The first-order valence-electron chi connectivity index (χ1n) is 25.4. The van der Waals surface area contributed by atoms with Crippen LogP contribution in [0.15, 0.2) is 34.8 Å². The second-order valence-corrected chi connectivity index (χ2v) is 16.7. The third-order valence-corrected chi connectivity index (χ3v) is 13.2. The summed E-state index contributed by atoms with van der Waals surface area (Å²) in [5, 5.41) is 23.1. The molecule has 0 unspecified atom stereocenters. The smallest absolute Gasteiger partial charge is 0.127 e. The van der Waals surface area contributed by atoms with E-state index >= 15 is 0 Å². The van der Waals surface area contributed by atoms with Crippen LogP contribution in [0.5, 0.6) is 0 Å². The number of hydrogen-bond acceptors (Lipinski definition) is 7. The molecule has 6 heterocycles. The molecule has 0 radical (unpaired) electrons. The normalized spacial score (nSPS) is 9.40. The second kappa shape index (κ2) is 156. The Balaban J connectivity index is -0.0000000126. The van der Waals surface area contributed by atoms with Gasteiger partial charge in [0.15, 0.2) is 0 Å². The zero-order valence-corrected chi connectivity index (χ0v) is 173. The van der Waals surface area contributed by atoms with Crippen LogP contribution < -0.4 is 21.4 Å². The molecular formula is C57H102N12W37. The van der Waals surface area contributed by atoms with Crippen molar-refractivity contribution in [1.29, 1.82) is 0 Å².